The summed E-state index contributed by atoms with van der Waals surface area (Å²) >= 11 is 0. The van der Waals surface area contributed by atoms with Crippen LogP contribution >= 0.6 is 24.8 Å². The monoisotopic (exact) mass is 216 g/mol. The van der Waals surface area contributed by atoms with E-state index in [2.05, 4.69) is 11.5 Å². The van der Waals surface area contributed by atoms with Gasteiger partial charge in [-0.2, -0.15) is 0 Å². The van der Waals surface area contributed by atoms with E-state index in [4.69, 9.17) is 0 Å². The zero-order valence-electron chi connectivity index (χ0n) is 8.70. The topological polar surface area (TPSA) is 6.48 Å². The molecule has 0 radical (unpaired) electrons. The molecule has 0 rings (SSSR count). The van der Waals surface area contributed by atoms with Crippen molar-refractivity contribution in [1.82, 2.24) is 9.80 Å². The molecular formula is C8H22Cl2N2. The van der Waals surface area contributed by atoms with E-state index in [1.807, 2.05) is 46.2 Å². The van der Waals surface area contributed by atoms with Crippen molar-refractivity contribution in [3.63, 3.8) is 0 Å². The lowest BCUT2D eigenvalue weighted by molar-refractivity contribution is 0.457. The van der Waals surface area contributed by atoms with Crippen LogP contribution in [0.15, 0.2) is 12.7 Å². The number of nitrogens with zero attached hydrogens (tertiary/aromatic N) is 2. The minimum atomic E-state index is 0. The third kappa shape index (κ3) is 83.3. The fourth-order valence-corrected chi connectivity index (χ4v) is 0.258. The molecule has 0 spiro atoms. The summed E-state index contributed by atoms with van der Waals surface area (Å²) in [6, 6.07) is 0. The molecule has 0 saturated heterocycles. The summed E-state index contributed by atoms with van der Waals surface area (Å²) in [6.07, 6.45) is 1.88. The highest BCUT2D eigenvalue weighted by atomic mass is 35.5. The summed E-state index contributed by atoms with van der Waals surface area (Å²) < 4.78 is 0. The molecule has 0 heterocycles. The molecule has 0 bridgehead atoms. The van der Waals surface area contributed by atoms with Crippen LogP contribution in [-0.2, 0) is 0 Å². The minimum Gasteiger partial charge on any atom is -0.312 e. The van der Waals surface area contributed by atoms with E-state index >= 15 is 0 Å². The first kappa shape index (κ1) is 22.8. The highest BCUT2D eigenvalue weighted by Gasteiger charge is 1.75. The van der Waals surface area contributed by atoms with Gasteiger partial charge in [-0.05, 0) is 35.2 Å². The Balaban J connectivity index is -0.0000000483. The van der Waals surface area contributed by atoms with Crippen molar-refractivity contribution in [3.8, 4) is 0 Å². The van der Waals surface area contributed by atoms with Gasteiger partial charge in [-0.1, -0.05) is 6.08 Å². The lowest BCUT2D eigenvalue weighted by Crippen LogP contribution is -2.09. The van der Waals surface area contributed by atoms with Crippen LogP contribution in [0.4, 0.5) is 0 Å². The maximum atomic E-state index is 3.56. The lowest BCUT2D eigenvalue weighted by atomic mass is 10.6. The summed E-state index contributed by atoms with van der Waals surface area (Å²) in [5.74, 6) is 0. The highest BCUT2D eigenvalue weighted by molar-refractivity contribution is 5.85. The molecule has 0 aromatic carbocycles. The smallest absolute Gasteiger partial charge is 0.0154 e. The van der Waals surface area contributed by atoms with Crippen molar-refractivity contribution in [2.45, 2.75) is 0 Å². The van der Waals surface area contributed by atoms with E-state index in [0.29, 0.717) is 0 Å². The maximum absolute atomic E-state index is 3.56. The summed E-state index contributed by atoms with van der Waals surface area (Å²) in [5.41, 5.74) is 0. The second kappa shape index (κ2) is 17.4. The van der Waals surface area contributed by atoms with Crippen LogP contribution in [-0.4, -0.2) is 51.6 Å². The number of hydrogen-bond donors (Lipinski definition) is 0. The van der Waals surface area contributed by atoms with Gasteiger partial charge in [0.15, 0.2) is 0 Å². The van der Waals surface area contributed by atoms with Crippen LogP contribution in [0, 0.1) is 0 Å². The third-order valence-electron chi connectivity index (χ3n) is 0.494. The second-order valence-electron chi connectivity index (χ2n) is 2.89. The van der Waals surface area contributed by atoms with E-state index < -0.39 is 0 Å². The molecule has 0 aliphatic rings. The van der Waals surface area contributed by atoms with Gasteiger partial charge in [-0.3, -0.25) is 0 Å². The molecule has 0 atom stereocenters. The molecule has 2 nitrogen and oxygen atoms in total. The maximum Gasteiger partial charge on any atom is 0.0154 e. The molecule has 78 valence electrons. The van der Waals surface area contributed by atoms with Gasteiger partial charge in [0, 0.05) is 6.54 Å². The average Bonchev–Trinajstić information content (AvgIpc) is 1.62. The molecule has 0 fully saturated rings. The molecule has 0 unspecified atom stereocenters. The minimum absolute atomic E-state index is 0. The molecule has 0 N–H and O–H groups in total. The average molecular weight is 217 g/mol. The molecule has 0 aromatic rings. The number of rotatable bonds is 2. The number of hydrogen-bond acceptors (Lipinski definition) is 2. The van der Waals surface area contributed by atoms with Crippen LogP contribution in [0.2, 0.25) is 0 Å². The van der Waals surface area contributed by atoms with Gasteiger partial charge in [-0.15, -0.1) is 31.4 Å². The van der Waals surface area contributed by atoms with Crippen molar-refractivity contribution in [3.05, 3.63) is 12.7 Å². The Morgan fingerprint density at radius 3 is 1.25 bits per heavy atom. The molecule has 0 amide bonds. The number of halogens is 2. The first-order valence-corrected chi connectivity index (χ1v) is 3.37. The van der Waals surface area contributed by atoms with Crippen molar-refractivity contribution < 1.29 is 0 Å². The van der Waals surface area contributed by atoms with Crippen molar-refractivity contribution in [2.75, 3.05) is 41.8 Å². The lowest BCUT2D eigenvalue weighted by Gasteiger charge is -2.01. The summed E-state index contributed by atoms with van der Waals surface area (Å²) in [6.45, 7) is 4.53. The third-order valence-corrected chi connectivity index (χ3v) is 0.494. The van der Waals surface area contributed by atoms with Crippen LogP contribution in [0.25, 0.3) is 0 Å². The van der Waals surface area contributed by atoms with Crippen LogP contribution in [0.5, 0.6) is 0 Å². The largest absolute Gasteiger partial charge is 0.312 e. The van der Waals surface area contributed by atoms with Crippen molar-refractivity contribution in [1.29, 1.82) is 0 Å². The number of likely N-dealkylation sites (N-methyl/N-ethyl adjacent to an activating group) is 1. The van der Waals surface area contributed by atoms with Crippen molar-refractivity contribution in [2.24, 2.45) is 0 Å². The Kier molecular flexibility index (Phi) is 32.9. The van der Waals surface area contributed by atoms with Gasteiger partial charge in [0.1, 0.15) is 0 Å². The van der Waals surface area contributed by atoms with Gasteiger partial charge in [0.25, 0.3) is 0 Å². The summed E-state index contributed by atoms with van der Waals surface area (Å²) in [4.78, 5) is 4.06. The van der Waals surface area contributed by atoms with Gasteiger partial charge >= 0.3 is 0 Å². The van der Waals surface area contributed by atoms with E-state index in [0.717, 1.165) is 6.54 Å². The van der Waals surface area contributed by atoms with Gasteiger partial charge in [-0.25, -0.2) is 0 Å². The quantitative estimate of drug-likeness (QED) is 0.650. The van der Waals surface area contributed by atoms with Crippen molar-refractivity contribution >= 4 is 24.8 Å². The van der Waals surface area contributed by atoms with E-state index in [1.165, 1.54) is 0 Å². The van der Waals surface area contributed by atoms with Crippen LogP contribution in [0.3, 0.4) is 0 Å². The second-order valence-corrected chi connectivity index (χ2v) is 2.89. The molecule has 12 heavy (non-hydrogen) atoms. The van der Waals surface area contributed by atoms with E-state index in [9.17, 15) is 0 Å². The Hall–Kier alpha value is 0.240. The Labute approximate surface area is 89.4 Å². The molecule has 0 aliphatic carbocycles. The molecule has 0 aliphatic heterocycles. The SMILES string of the molecule is C=CCN(C)C.CN(C)C.Cl.Cl. The van der Waals surface area contributed by atoms with Crippen LogP contribution in [0.1, 0.15) is 0 Å². The van der Waals surface area contributed by atoms with E-state index in [-0.39, 0.29) is 24.8 Å². The Bertz CT molecular complexity index is 72.7. The van der Waals surface area contributed by atoms with Crippen LogP contribution < -0.4 is 0 Å². The molecule has 4 heteroatoms. The predicted molar refractivity (Wildman–Crippen MR) is 62.9 cm³/mol. The first-order valence-electron chi connectivity index (χ1n) is 3.37. The zero-order chi connectivity index (χ0) is 8.57. The van der Waals surface area contributed by atoms with Gasteiger partial charge < -0.3 is 9.80 Å². The van der Waals surface area contributed by atoms with Gasteiger partial charge in [0.05, 0.1) is 0 Å². The molecular weight excluding hydrogens is 195 g/mol. The molecule has 0 saturated carbocycles. The fourth-order valence-electron chi connectivity index (χ4n) is 0.258. The zero-order valence-corrected chi connectivity index (χ0v) is 10.3. The Morgan fingerprint density at radius 2 is 1.25 bits per heavy atom. The van der Waals surface area contributed by atoms with Gasteiger partial charge in [0.2, 0.25) is 0 Å². The fraction of sp³-hybridized carbons (Fsp3) is 0.750. The summed E-state index contributed by atoms with van der Waals surface area (Å²) in [7, 11) is 10.0. The molecule has 0 aromatic heterocycles. The normalized spacial score (nSPS) is 7.58. The predicted octanol–water partition coefficient (Wildman–Crippen LogP) is 1.76. The summed E-state index contributed by atoms with van der Waals surface area (Å²) in [5, 5.41) is 0. The highest BCUT2D eigenvalue weighted by Crippen LogP contribution is 1.69. The Morgan fingerprint density at radius 1 is 1.00 bits per heavy atom. The first-order chi connectivity index (χ1) is 4.50. The standard InChI is InChI=1S/C5H11N.C3H9N.2ClH/c1-4-5-6(2)3;1-4(2)3;;/h4H,1,5H2,2-3H3;1-3H3;2*1H. The van der Waals surface area contributed by atoms with E-state index in [1.54, 1.807) is 0 Å².